The maximum absolute atomic E-state index is 5.38. The molecule has 0 radical (unpaired) electrons. The molecule has 0 fully saturated rings. The molecule has 0 saturated heterocycles. The second kappa shape index (κ2) is 8.21. The Morgan fingerprint density at radius 1 is 1.00 bits per heavy atom. The van der Waals surface area contributed by atoms with Crippen LogP contribution < -0.4 is 0 Å². The summed E-state index contributed by atoms with van der Waals surface area (Å²) >= 11 is 0. The van der Waals surface area contributed by atoms with Gasteiger partial charge in [0.2, 0.25) is 0 Å². The van der Waals surface area contributed by atoms with Gasteiger partial charge >= 0.3 is 0 Å². The minimum absolute atomic E-state index is 0.852. The van der Waals surface area contributed by atoms with Crippen LogP contribution in [0.1, 0.15) is 22.8 Å². The third-order valence-corrected chi connectivity index (χ3v) is 5.40. The minimum Gasteiger partial charge on any atom is -0.361 e. The minimum atomic E-state index is 0.852. The maximum Gasteiger partial charge on any atom is 0.141 e. The summed E-state index contributed by atoms with van der Waals surface area (Å²) in [7, 11) is 4.22. The zero-order valence-electron chi connectivity index (χ0n) is 17.6. The van der Waals surface area contributed by atoms with Crippen molar-refractivity contribution in [3.8, 4) is 11.1 Å². The molecule has 0 saturated carbocycles. The predicted octanol–water partition coefficient (Wildman–Crippen LogP) is 4.65. The van der Waals surface area contributed by atoms with Gasteiger partial charge in [-0.3, -0.25) is 0 Å². The number of rotatable bonds is 7. The second-order valence-electron chi connectivity index (χ2n) is 7.87. The number of aryl methyl sites for hydroxylation is 4. The van der Waals surface area contributed by atoms with Crippen molar-refractivity contribution in [2.24, 2.45) is 0 Å². The highest BCUT2D eigenvalue weighted by atomic mass is 16.5. The van der Waals surface area contributed by atoms with E-state index < -0.39 is 0 Å². The third kappa shape index (κ3) is 4.10. The van der Waals surface area contributed by atoms with Crippen LogP contribution in [-0.4, -0.2) is 40.2 Å². The van der Waals surface area contributed by atoms with E-state index in [4.69, 9.17) is 9.51 Å². The summed E-state index contributed by atoms with van der Waals surface area (Å²) in [6.07, 6.45) is 1.91. The molecule has 0 N–H and O–H groups in total. The molecule has 2 aromatic heterocycles. The van der Waals surface area contributed by atoms with E-state index in [0.717, 1.165) is 59.9 Å². The molecule has 0 atom stereocenters. The Hall–Kier alpha value is -2.92. The largest absolute Gasteiger partial charge is 0.361 e. The lowest BCUT2D eigenvalue weighted by Crippen LogP contribution is -2.19. The van der Waals surface area contributed by atoms with Gasteiger partial charge in [0, 0.05) is 25.1 Å². The average molecular weight is 389 g/mol. The van der Waals surface area contributed by atoms with Gasteiger partial charge in [0.25, 0.3) is 0 Å². The Morgan fingerprint density at radius 2 is 1.79 bits per heavy atom. The second-order valence-corrected chi connectivity index (χ2v) is 7.87. The van der Waals surface area contributed by atoms with Crippen LogP contribution >= 0.6 is 0 Å². The van der Waals surface area contributed by atoms with Crippen LogP contribution in [0.4, 0.5) is 0 Å². The van der Waals surface area contributed by atoms with Crippen molar-refractivity contribution in [1.82, 2.24) is 19.6 Å². The van der Waals surface area contributed by atoms with Crippen molar-refractivity contribution in [3.05, 3.63) is 71.4 Å². The van der Waals surface area contributed by atoms with E-state index in [1.807, 2.05) is 13.8 Å². The molecule has 5 heteroatoms. The standard InChI is InChI=1S/C24H28N4O/c1-17-24(18(2)29-26-17)20-11-12-21-22(16-20)28(15-14-27(3)4)23(25-21)13-10-19-8-6-5-7-9-19/h5-9,11-12,16H,10,13-15H2,1-4H3. The Balaban J connectivity index is 1.73. The fraction of sp³-hybridized carbons (Fsp3) is 0.333. The summed E-state index contributed by atoms with van der Waals surface area (Å²) < 4.78 is 7.76. The van der Waals surface area contributed by atoms with Crippen LogP contribution in [-0.2, 0) is 19.4 Å². The number of imidazole rings is 1. The van der Waals surface area contributed by atoms with Crippen LogP contribution in [0.2, 0.25) is 0 Å². The van der Waals surface area contributed by atoms with E-state index in [1.165, 1.54) is 11.1 Å². The summed E-state index contributed by atoms with van der Waals surface area (Å²) in [5.41, 5.74) is 6.70. The molecule has 4 rings (SSSR count). The SMILES string of the molecule is Cc1noc(C)c1-c1ccc2nc(CCc3ccccc3)n(CCN(C)C)c2c1. The highest BCUT2D eigenvalue weighted by Gasteiger charge is 2.16. The van der Waals surface area contributed by atoms with Crippen molar-refractivity contribution < 1.29 is 4.52 Å². The predicted molar refractivity (Wildman–Crippen MR) is 117 cm³/mol. The average Bonchev–Trinajstić information content (AvgIpc) is 3.24. The molecular formula is C24H28N4O. The lowest BCUT2D eigenvalue weighted by Gasteiger charge is -2.14. The Labute approximate surface area is 172 Å². The number of nitrogens with zero attached hydrogens (tertiary/aromatic N) is 4. The van der Waals surface area contributed by atoms with Gasteiger partial charge in [0.15, 0.2) is 0 Å². The Morgan fingerprint density at radius 3 is 2.48 bits per heavy atom. The zero-order valence-corrected chi connectivity index (χ0v) is 17.6. The maximum atomic E-state index is 5.38. The molecule has 150 valence electrons. The van der Waals surface area contributed by atoms with Gasteiger partial charge in [-0.05, 0) is 57.6 Å². The first kappa shape index (κ1) is 19.4. The van der Waals surface area contributed by atoms with Crippen molar-refractivity contribution in [1.29, 1.82) is 0 Å². The smallest absolute Gasteiger partial charge is 0.141 e. The summed E-state index contributed by atoms with van der Waals surface area (Å²) in [5.74, 6) is 1.99. The van der Waals surface area contributed by atoms with Gasteiger partial charge in [-0.15, -0.1) is 0 Å². The molecular weight excluding hydrogens is 360 g/mol. The monoisotopic (exact) mass is 388 g/mol. The highest BCUT2D eigenvalue weighted by molar-refractivity contribution is 5.83. The number of hydrogen-bond acceptors (Lipinski definition) is 4. The van der Waals surface area contributed by atoms with Gasteiger partial charge in [-0.25, -0.2) is 4.98 Å². The van der Waals surface area contributed by atoms with Gasteiger partial charge in [0.05, 0.1) is 16.7 Å². The van der Waals surface area contributed by atoms with Crippen molar-refractivity contribution in [2.45, 2.75) is 33.2 Å². The number of aromatic nitrogens is 3. The fourth-order valence-electron chi connectivity index (χ4n) is 3.86. The Kier molecular flexibility index (Phi) is 5.49. The molecule has 0 bridgehead atoms. The lowest BCUT2D eigenvalue weighted by atomic mass is 10.0. The summed E-state index contributed by atoms with van der Waals surface area (Å²) in [4.78, 5) is 7.19. The van der Waals surface area contributed by atoms with Crippen molar-refractivity contribution in [3.63, 3.8) is 0 Å². The Bertz CT molecular complexity index is 1090. The van der Waals surface area contributed by atoms with Crippen LogP contribution in [0.3, 0.4) is 0 Å². The number of fused-ring (bicyclic) bond motifs is 1. The van der Waals surface area contributed by atoms with E-state index >= 15 is 0 Å². The molecule has 0 aliphatic rings. The summed E-state index contributed by atoms with van der Waals surface area (Å²) in [6.45, 7) is 5.84. The van der Waals surface area contributed by atoms with Crippen LogP contribution in [0.15, 0.2) is 53.1 Å². The molecule has 29 heavy (non-hydrogen) atoms. The van der Waals surface area contributed by atoms with Gasteiger partial charge in [-0.2, -0.15) is 0 Å². The van der Waals surface area contributed by atoms with Gasteiger partial charge in [-0.1, -0.05) is 41.6 Å². The molecule has 4 aromatic rings. The van der Waals surface area contributed by atoms with Crippen LogP contribution in [0.25, 0.3) is 22.2 Å². The molecule has 2 aromatic carbocycles. The molecule has 0 unspecified atom stereocenters. The fourth-order valence-corrected chi connectivity index (χ4v) is 3.86. The topological polar surface area (TPSA) is 47.1 Å². The number of hydrogen-bond donors (Lipinski definition) is 0. The molecule has 0 amide bonds. The van der Waals surface area contributed by atoms with Gasteiger partial charge in [0.1, 0.15) is 11.6 Å². The van der Waals surface area contributed by atoms with E-state index in [1.54, 1.807) is 0 Å². The lowest BCUT2D eigenvalue weighted by molar-refractivity contribution is 0.383. The number of benzene rings is 2. The van der Waals surface area contributed by atoms with Crippen molar-refractivity contribution >= 4 is 11.0 Å². The first-order valence-corrected chi connectivity index (χ1v) is 10.1. The van der Waals surface area contributed by atoms with Gasteiger partial charge < -0.3 is 14.0 Å². The molecule has 2 heterocycles. The first-order valence-electron chi connectivity index (χ1n) is 10.1. The van der Waals surface area contributed by atoms with Crippen molar-refractivity contribution in [2.75, 3.05) is 20.6 Å². The third-order valence-electron chi connectivity index (χ3n) is 5.40. The van der Waals surface area contributed by atoms with E-state index in [2.05, 4.69) is 77.2 Å². The number of likely N-dealkylation sites (N-methyl/N-ethyl adjacent to an activating group) is 1. The quantitative estimate of drug-likeness (QED) is 0.462. The van der Waals surface area contributed by atoms with Crippen LogP contribution in [0, 0.1) is 13.8 Å². The molecule has 5 nitrogen and oxygen atoms in total. The molecule has 0 aliphatic carbocycles. The van der Waals surface area contributed by atoms with Crippen LogP contribution in [0.5, 0.6) is 0 Å². The normalized spacial score (nSPS) is 11.6. The summed E-state index contributed by atoms with van der Waals surface area (Å²) in [6, 6.07) is 17.1. The first-order chi connectivity index (χ1) is 14.0. The summed E-state index contributed by atoms with van der Waals surface area (Å²) in [5, 5.41) is 4.12. The van der Waals surface area contributed by atoms with E-state index in [0.29, 0.717) is 0 Å². The van der Waals surface area contributed by atoms with E-state index in [-0.39, 0.29) is 0 Å². The van der Waals surface area contributed by atoms with E-state index in [9.17, 15) is 0 Å². The molecule has 0 spiro atoms. The highest BCUT2D eigenvalue weighted by Crippen LogP contribution is 2.30. The zero-order chi connectivity index (χ0) is 20.4. The molecule has 0 aliphatic heterocycles.